The van der Waals surface area contributed by atoms with Gasteiger partial charge < -0.3 is 4.90 Å². The number of hydrogen-bond acceptors (Lipinski definition) is 4. The normalized spacial score (nSPS) is 15.1. The van der Waals surface area contributed by atoms with Crippen molar-refractivity contribution in [2.75, 3.05) is 13.1 Å². The number of carbonyl (C=O) groups is 1. The number of piperidine rings is 1. The molecule has 1 amide bonds. The van der Waals surface area contributed by atoms with Gasteiger partial charge in [-0.25, -0.2) is 13.1 Å². The number of hydrogen-bond donors (Lipinski definition) is 1. The van der Waals surface area contributed by atoms with E-state index in [4.69, 9.17) is 0 Å². The van der Waals surface area contributed by atoms with Crippen molar-refractivity contribution >= 4 is 15.9 Å². The molecule has 1 aromatic heterocycles. The number of amides is 1. The highest BCUT2D eigenvalue weighted by Crippen LogP contribution is 2.21. The van der Waals surface area contributed by atoms with Gasteiger partial charge in [-0.2, -0.15) is 5.10 Å². The molecular formula is C24H28N4O3S. The third-order valence-corrected chi connectivity index (χ3v) is 7.46. The average Bonchev–Trinajstić information content (AvgIpc) is 3.07. The van der Waals surface area contributed by atoms with Crippen LogP contribution in [0.1, 0.15) is 40.2 Å². The standard InChI is InChI=1S/C24H28N4O3S/c1-18-23(19(2)28(25-18)17-20-9-5-3-6-10-20)24(29)27-15-13-21(14-16-27)26-32(30,31)22-11-7-4-8-12-22/h3-12,21,26H,13-17H2,1-2H3. The van der Waals surface area contributed by atoms with Crippen LogP contribution < -0.4 is 4.72 Å². The van der Waals surface area contributed by atoms with Gasteiger partial charge in [0.05, 0.1) is 22.7 Å². The highest BCUT2D eigenvalue weighted by Gasteiger charge is 2.29. The zero-order valence-corrected chi connectivity index (χ0v) is 19.2. The maximum atomic E-state index is 13.3. The molecule has 0 saturated carbocycles. The summed E-state index contributed by atoms with van der Waals surface area (Å²) in [5.74, 6) is -0.0383. The molecule has 0 bridgehead atoms. The van der Waals surface area contributed by atoms with Crippen molar-refractivity contribution in [2.24, 2.45) is 0 Å². The van der Waals surface area contributed by atoms with Crippen molar-refractivity contribution in [3.05, 3.63) is 83.2 Å². The minimum absolute atomic E-state index is 0.0383. The monoisotopic (exact) mass is 452 g/mol. The number of carbonyl (C=O) groups excluding carboxylic acids is 1. The molecule has 2 aromatic carbocycles. The van der Waals surface area contributed by atoms with Crippen LogP contribution in [0.3, 0.4) is 0 Å². The summed E-state index contributed by atoms with van der Waals surface area (Å²) in [5, 5.41) is 4.60. The Morgan fingerprint density at radius 3 is 2.22 bits per heavy atom. The summed E-state index contributed by atoms with van der Waals surface area (Å²) < 4.78 is 29.8. The molecule has 7 nitrogen and oxygen atoms in total. The zero-order chi connectivity index (χ0) is 22.7. The van der Waals surface area contributed by atoms with Crippen molar-refractivity contribution in [1.29, 1.82) is 0 Å². The summed E-state index contributed by atoms with van der Waals surface area (Å²) in [6.07, 6.45) is 1.15. The third-order valence-electron chi connectivity index (χ3n) is 5.93. The predicted octanol–water partition coefficient (Wildman–Crippen LogP) is 3.13. The summed E-state index contributed by atoms with van der Waals surface area (Å²) in [7, 11) is -3.56. The number of sulfonamides is 1. The molecule has 32 heavy (non-hydrogen) atoms. The van der Waals surface area contributed by atoms with Gasteiger partial charge in [-0.3, -0.25) is 9.48 Å². The summed E-state index contributed by atoms with van der Waals surface area (Å²) in [6.45, 7) is 5.41. The lowest BCUT2D eigenvalue weighted by atomic mass is 10.0. The highest BCUT2D eigenvalue weighted by molar-refractivity contribution is 7.89. The lowest BCUT2D eigenvalue weighted by molar-refractivity contribution is 0.0709. The molecule has 0 radical (unpaired) electrons. The van der Waals surface area contributed by atoms with E-state index in [2.05, 4.69) is 9.82 Å². The molecule has 0 spiro atoms. The molecule has 8 heteroatoms. The molecule has 0 atom stereocenters. The minimum atomic E-state index is -3.56. The van der Waals surface area contributed by atoms with E-state index in [9.17, 15) is 13.2 Å². The van der Waals surface area contributed by atoms with Gasteiger partial charge >= 0.3 is 0 Å². The number of benzene rings is 2. The number of nitrogens with zero attached hydrogens (tertiary/aromatic N) is 3. The number of likely N-dealkylation sites (tertiary alicyclic amines) is 1. The van der Waals surface area contributed by atoms with Crippen LogP contribution in [0, 0.1) is 13.8 Å². The van der Waals surface area contributed by atoms with E-state index in [0.717, 1.165) is 17.0 Å². The molecule has 3 aromatic rings. The van der Waals surface area contributed by atoms with E-state index < -0.39 is 10.0 Å². The number of aromatic nitrogens is 2. The number of nitrogens with one attached hydrogen (secondary N) is 1. The van der Waals surface area contributed by atoms with Gasteiger partial charge in [-0.05, 0) is 44.4 Å². The first kappa shape index (κ1) is 22.2. The SMILES string of the molecule is Cc1nn(Cc2ccccc2)c(C)c1C(=O)N1CCC(NS(=O)(=O)c2ccccc2)CC1. The van der Waals surface area contributed by atoms with Crippen molar-refractivity contribution in [3.63, 3.8) is 0 Å². The smallest absolute Gasteiger partial charge is 0.257 e. The fraction of sp³-hybridized carbons (Fsp3) is 0.333. The van der Waals surface area contributed by atoms with E-state index in [1.807, 2.05) is 48.9 Å². The Kier molecular flexibility index (Phi) is 6.43. The maximum absolute atomic E-state index is 13.3. The topological polar surface area (TPSA) is 84.3 Å². The molecule has 0 unspecified atom stereocenters. The zero-order valence-electron chi connectivity index (χ0n) is 18.4. The van der Waals surface area contributed by atoms with Crippen molar-refractivity contribution < 1.29 is 13.2 Å². The molecule has 1 fully saturated rings. The second-order valence-electron chi connectivity index (χ2n) is 8.19. The van der Waals surface area contributed by atoms with Crippen LogP contribution in [0.2, 0.25) is 0 Å². The van der Waals surface area contributed by atoms with Gasteiger partial charge in [-0.15, -0.1) is 0 Å². The van der Waals surface area contributed by atoms with Crippen molar-refractivity contribution in [3.8, 4) is 0 Å². The Morgan fingerprint density at radius 1 is 1.00 bits per heavy atom. The van der Waals surface area contributed by atoms with Crippen LogP contribution in [-0.2, 0) is 16.6 Å². The number of rotatable bonds is 6. The molecular weight excluding hydrogens is 424 g/mol. The summed E-state index contributed by atoms with van der Waals surface area (Å²) >= 11 is 0. The first-order valence-electron chi connectivity index (χ1n) is 10.8. The molecule has 0 aliphatic carbocycles. The summed E-state index contributed by atoms with van der Waals surface area (Å²) in [6, 6.07) is 18.2. The van der Waals surface area contributed by atoms with Gasteiger partial charge in [0.1, 0.15) is 0 Å². The van der Waals surface area contributed by atoms with E-state index in [1.165, 1.54) is 0 Å². The van der Waals surface area contributed by atoms with Crippen LogP contribution >= 0.6 is 0 Å². The van der Waals surface area contributed by atoms with Crippen LogP contribution in [0.25, 0.3) is 0 Å². The lowest BCUT2D eigenvalue weighted by Crippen LogP contribution is -2.46. The van der Waals surface area contributed by atoms with E-state index in [1.54, 1.807) is 35.2 Å². The fourth-order valence-electron chi connectivity index (χ4n) is 4.16. The second-order valence-corrected chi connectivity index (χ2v) is 9.90. The van der Waals surface area contributed by atoms with Gasteiger partial charge in [0.15, 0.2) is 0 Å². The predicted molar refractivity (Wildman–Crippen MR) is 123 cm³/mol. The molecule has 1 saturated heterocycles. The molecule has 1 aliphatic heterocycles. The van der Waals surface area contributed by atoms with Gasteiger partial charge in [0, 0.05) is 24.8 Å². The molecule has 1 aliphatic rings. The largest absolute Gasteiger partial charge is 0.338 e. The Bertz CT molecular complexity index is 1180. The third kappa shape index (κ3) is 4.76. The number of aryl methyl sites for hydroxylation is 1. The van der Waals surface area contributed by atoms with E-state index in [-0.39, 0.29) is 16.8 Å². The van der Waals surface area contributed by atoms with Crippen molar-refractivity contribution in [1.82, 2.24) is 19.4 Å². The minimum Gasteiger partial charge on any atom is -0.338 e. The lowest BCUT2D eigenvalue weighted by Gasteiger charge is -2.32. The maximum Gasteiger partial charge on any atom is 0.257 e. The Hall–Kier alpha value is -2.97. The molecule has 4 rings (SSSR count). The quantitative estimate of drug-likeness (QED) is 0.623. The summed E-state index contributed by atoms with van der Waals surface area (Å²) in [5.41, 5.74) is 3.34. The second kappa shape index (κ2) is 9.26. The van der Waals surface area contributed by atoms with Crippen LogP contribution in [0.5, 0.6) is 0 Å². The van der Waals surface area contributed by atoms with Gasteiger partial charge in [0.2, 0.25) is 10.0 Å². The highest BCUT2D eigenvalue weighted by atomic mass is 32.2. The summed E-state index contributed by atoms with van der Waals surface area (Å²) in [4.78, 5) is 15.3. The molecule has 168 valence electrons. The van der Waals surface area contributed by atoms with Crippen LogP contribution in [0.15, 0.2) is 65.6 Å². The van der Waals surface area contributed by atoms with Gasteiger partial charge in [-0.1, -0.05) is 48.5 Å². The first-order chi connectivity index (χ1) is 15.3. The molecule has 2 heterocycles. The van der Waals surface area contributed by atoms with Crippen LogP contribution in [-0.4, -0.2) is 48.1 Å². The van der Waals surface area contributed by atoms with E-state index >= 15 is 0 Å². The average molecular weight is 453 g/mol. The molecule has 1 N–H and O–H groups in total. The first-order valence-corrected chi connectivity index (χ1v) is 12.3. The Balaban J connectivity index is 1.40. The van der Waals surface area contributed by atoms with Crippen molar-refractivity contribution in [2.45, 2.75) is 44.2 Å². The van der Waals surface area contributed by atoms with Crippen LogP contribution in [0.4, 0.5) is 0 Å². The van der Waals surface area contributed by atoms with Gasteiger partial charge in [0.25, 0.3) is 5.91 Å². The Labute approximate surface area is 189 Å². The van der Waals surface area contributed by atoms with E-state index in [0.29, 0.717) is 38.0 Å². The Morgan fingerprint density at radius 2 is 1.59 bits per heavy atom. The fourth-order valence-corrected chi connectivity index (χ4v) is 5.49.